The molecule has 0 spiro atoms. The molecule has 116 valence electrons. The van der Waals surface area contributed by atoms with Crippen molar-refractivity contribution in [3.63, 3.8) is 0 Å². The van der Waals surface area contributed by atoms with Crippen LogP contribution in [0.1, 0.15) is 22.3 Å². The smallest absolute Gasteiger partial charge is 0.335 e. The number of carbonyl (C=O) groups excluding carboxylic acids is 1. The van der Waals surface area contributed by atoms with E-state index >= 15 is 0 Å². The van der Waals surface area contributed by atoms with Gasteiger partial charge in [-0.3, -0.25) is 0 Å². The second-order valence-electron chi connectivity index (χ2n) is 4.44. The van der Waals surface area contributed by atoms with Crippen molar-refractivity contribution in [3.05, 3.63) is 29.3 Å². The summed E-state index contributed by atoms with van der Waals surface area (Å²) in [6, 6.07) is 3.90. The highest BCUT2D eigenvalue weighted by Crippen LogP contribution is 2.15. The summed E-state index contributed by atoms with van der Waals surface area (Å²) in [4.78, 5) is 22.4. The van der Waals surface area contributed by atoms with Gasteiger partial charge in [0.05, 0.1) is 11.3 Å². The van der Waals surface area contributed by atoms with Gasteiger partial charge in [-0.25, -0.2) is 23.1 Å². The maximum absolute atomic E-state index is 11.5. The third-order valence-corrected chi connectivity index (χ3v) is 3.46. The second kappa shape index (κ2) is 7.04. The Kier molecular flexibility index (Phi) is 5.68. The number of carboxylic acids is 1. The topological polar surface area (TPSA) is 139 Å². The van der Waals surface area contributed by atoms with Crippen LogP contribution in [0.25, 0.3) is 0 Å². The number of nitrogens with one attached hydrogen (secondary N) is 2. The number of hydrogen-bond acceptors (Lipinski definition) is 4. The molecule has 0 bridgehead atoms. The molecule has 9 heteroatoms. The quantitative estimate of drug-likeness (QED) is 0.566. The lowest BCUT2D eigenvalue weighted by molar-refractivity contribution is 0.0696. The summed E-state index contributed by atoms with van der Waals surface area (Å²) in [5.74, 6) is -1.24. The number of hydrogen-bond donors (Lipinski definition) is 4. The minimum absolute atomic E-state index is 0.161. The van der Waals surface area contributed by atoms with Gasteiger partial charge in [-0.2, -0.15) is 0 Å². The molecule has 0 aliphatic rings. The predicted octanol–water partition coefficient (Wildman–Crippen LogP) is 0.493. The zero-order chi connectivity index (χ0) is 16.0. The van der Waals surface area contributed by atoms with E-state index in [1.807, 2.05) is 0 Å². The monoisotopic (exact) mass is 315 g/mol. The summed E-state index contributed by atoms with van der Waals surface area (Å²) in [6.07, 6.45) is 0.212. The van der Waals surface area contributed by atoms with E-state index in [0.29, 0.717) is 11.3 Å². The largest absolute Gasteiger partial charge is 0.478 e. The van der Waals surface area contributed by atoms with E-state index in [9.17, 15) is 18.0 Å². The summed E-state index contributed by atoms with van der Waals surface area (Å²) >= 11 is 0. The Labute approximate surface area is 122 Å². The van der Waals surface area contributed by atoms with Crippen LogP contribution in [-0.4, -0.2) is 37.8 Å². The van der Waals surface area contributed by atoms with Crippen molar-refractivity contribution in [2.24, 2.45) is 5.14 Å². The number of aryl methyl sites for hydroxylation is 1. The molecule has 1 rings (SSSR count). The first-order valence-electron chi connectivity index (χ1n) is 6.08. The molecule has 0 radical (unpaired) electrons. The summed E-state index contributed by atoms with van der Waals surface area (Å²) in [5, 5.41) is 18.7. The molecule has 0 unspecified atom stereocenters. The Morgan fingerprint density at radius 1 is 1.33 bits per heavy atom. The summed E-state index contributed by atoms with van der Waals surface area (Å²) in [5.41, 5.74) is 1.13. The van der Waals surface area contributed by atoms with E-state index in [2.05, 4.69) is 10.6 Å². The fraction of sp³-hybridized carbons (Fsp3) is 0.333. The molecule has 1 aromatic rings. The van der Waals surface area contributed by atoms with Gasteiger partial charge in [-0.05, 0) is 37.1 Å². The van der Waals surface area contributed by atoms with E-state index in [4.69, 9.17) is 10.2 Å². The Hall–Kier alpha value is -2.13. The minimum Gasteiger partial charge on any atom is -0.478 e. The first-order chi connectivity index (χ1) is 9.69. The number of primary sulfonamides is 1. The number of rotatable bonds is 6. The van der Waals surface area contributed by atoms with Crippen molar-refractivity contribution in [1.82, 2.24) is 5.32 Å². The number of anilines is 1. The molecular formula is C12H17N3O5S. The number of carboxylic acid groups (broad SMARTS) is 1. The lowest BCUT2D eigenvalue weighted by Gasteiger charge is -2.09. The summed E-state index contributed by atoms with van der Waals surface area (Å²) in [6.45, 7) is 1.78. The maximum Gasteiger partial charge on any atom is 0.335 e. The highest BCUT2D eigenvalue weighted by molar-refractivity contribution is 7.89. The van der Waals surface area contributed by atoms with Crippen molar-refractivity contribution >= 4 is 27.7 Å². The first-order valence-corrected chi connectivity index (χ1v) is 7.80. The molecule has 0 aromatic heterocycles. The maximum atomic E-state index is 11.5. The van der Waals surface area contributed by atoms with Crippen LogP contribution in [0.3, 0.4) is 0 Å². The molecule has 0 saturated heterocycles. The van der Waals surface area contributed by atoms with Gasteiger partial charge in [0.25, 0.3) is 0 Å². The number of urea groups is 1. The van der Waals surface area contributed by atoms with Crippen LogP contribution in [0.15, 0.2) is 18.2 Å². The molecule has 0 atom stereocenters. The highest BCUT2D eigenvalue weighted by Gasteiger charge is 2.09. The molecular weight excluding hydrogens is 298 g/mol. The van der Waals surface area contributed by atoms with Crippen LogP contribution in [0, 0.1) is 6.92 Å². The van der Waals surface area contributed by atoms with Gasteiger partial charge in [0.1, 0.15) is 0 Å². The summed E-state index contributed by atoms with van der Waals surface area (Å²) < 4.78 is 21.4. The lowest BCUT2D eigenvalue weighted by Crippen LogP contribution is -2.31. The number of carbonyl (C=O) groups is 2. The Bertz CT molecular complexity index is 642. The van der Waals surface area contributed by atoms with E-state index < -0.39 is 22.0 Å². The van der Waals surface area contributed by atoms with Crippen LogP contribution in [0.5, 0.6) is 0 Å². The van der Waals surface area contributed by atoms with E-state index in [-0.39, 0.29) is 24.3 Å². The fourth-order valence-electron chi connectivity index (χ4n) is 1.63. The van der Waals surface area contributed by atoms with E-state index in [1.165, 1.54) is 18.2 Å². The molecule has 0 fully saturated rings. The van der Waals surface area contributed by atoms with Crippen molar-refractivity contribution in [2.45, 2.75) is 13.3 Å². The van der Waals surface area contributed by atoms with Gasteiger partial charge in [0.15, 0.2) is 0 Å². The van der Waals surface area contributed by atoms with Crippen molar-refractivity contribution in [1.29, 1.82) is 0 Å². The van der Waals surface area contributed by atoms with Crippen LogP contribution in [0.4, 0.5) is 10.5 Å². The molecule has 0 aliphatic carbocycles. The molecule has 8 nitrogen and oxygen atoms in total. The van der Waals surface area contributed by atoms with Crippen LogP contribution < -0.4 is 15.8 Å². The molecule has 5 N–H and O–H groups in total. The number of aromatic carboxylic acids is 1. The number of amides is 2. The third-order valence-electron chi connectivity index (χ3n) is 2.61. The molecule has 0 aliphatic heterocycles. The molecule has 0 heterocycles. The zero-order valence-corrected chi connectivity index (χ0v) is 12.2. The zero-order valence-electron chi connectivity index (χ0n) is 11.4. The summed E-state index contributed by atoms with van der Waals surface area (Å²) in [7, 11) is -3.53. The van der Waals surface area contributed by atoms with Crippen molar-refractivity contribution < 1.29 is 23.1 Å². The highest BCUT2D eigenvalue weighted by atomic mass is 32.2. The van der Waals surface area contributed by atoms with E-state index in [0.717, 1.165) is 0 Å². The third kappa shape index (κ3) is 6.23. The average Bonchev–Trinajstić information content (AvgIpc) is 2.33. The molecule has 21 heavy (non-hydrogen) atoms. The molecule has 2 amide bonds. The molecule has 0 saturated carbocycles. The van der Waals surface area contributed by atoms with Crippen LogP contribution >= 0.6 is 0 Å². The van der Waals surface area contributed by atoms with E-state index in [1.54, 1.807) is 6.92 Å². The van der Waals surface area contributed by atoms with Crippen molar-refractivity contribution in [2.75, 3.05) is 17.6 Å². The Balaban J connectivity index is 2.48. The normalized spacial score (nSPS) is 11.0. The SMILES string of the molecule is Cc1cc(NC(=O)NCCCS(N)(=O)=O)ccc1C(=O)O. The number of nitrogens with two attached hydrogens (primary N) is 1. The number of sulfonamides is 1. The van der Waals surface area contributed by atoms with Crippen molar-refractivity contribution in [3.8, 4) is 0 Å². The number of benzene rings is 1. The first kappa shape index (κ1) is 16.9. The molecule has 1 aromatic carbocycles. The minimum atomic E-state index is -3.53. The second-order valence-corrected chi connectivity index (χ2v) is 6.17. The predicted molar refractivity (Wildman–Crippen MR) is 77.8 cm³/mol. The standard InChI is InChI=1S/C12H17N3O5S/c1-8-7-9(3-4-10(8)11(16)17)15-12(18)14-5-2-6-21(13,19)20/h3-4,7H,2,5-6H2,1H3,(H,16,17)(H2,13,19,20)(H2,14,15,18). The van der Waals surface area contributed by atoms with Gasteiger partial charge in [0, 0.05) is 12.2 Å². The van der Waals surface area contributed by atoms with Gasteiger partial charge < -0.3 is 15.7 Å². The van der Waals surface area contributed by atoms with Gasteiger partial charge in [0.2, 0.25) is 10.0 Å². The van der Waals surface area contributed by atoms with Crippen LogP contribution in [-0.2, 0) is 10.0 Å². The van der Waals surface area contributed by atoms with Crippen LogP contribution in [0.2, 0.25) is 0 Å². The van der Waals surface area contributed by atoms with Gasteiger partial charge >= 0.3 is 12.0 Å². The Morgan fingerprint density at radius 2 is 2.00 bits per heavy atom. The van der Waals surface area contributed by atoms with Gasteiger partial charge in [-0.15, -0.1) is 0 Å². The Morgan fingerprint density at radius 3 is 2.52 bits per heavy atom. The lowest BCUT2D eigenvalue weighted by atomic mass is 10.1. The van der Waals surface area contributed by atoms with Gasteiger partial charge in [-0.1, -0.05) is 0 Å². The average molecular weight is 315 g/mol. The fourth-order valence-corrected chi connectivity index (χ4v) is 2.18.